The number of hydrogen-bond acceptors (Lipinski definition) is 6. The lowest BCUT2D eigenvalue weighted by molar-refractivity contribution is -0.136. The average Bonchev–Trinajstić information content (AvgIpc) is 3.13. The summed E-state index contributed by atoms with van der Waals surface area (Å²) >= 11 is 0. The van der Waals surface area contributed by atoms with Gasteiger partial charge < -0.3 is 16.0 Å². The Balaban J connectivity index is 1.48. The second-order valence-corrected chi connectivity index (χ2v) is 6.82. The second-order valence-electron chi connectivity index (χ2n) is 6.82. The molecule has 1 saturated heterocycles. The third kappa shape index (κ3) is 3.12. The molecule has 0 aliphatic carbocycles. The number of anilines is 2. The first-order valence-corrected chi connectivity index (χ1v) is 8.72. The molecule has 2 aliphatic rings. The Morgan fingerprint density at radius 2 is 2.11 bits per heavy atom. The highest BCUT2D eigenvalue weighted by Gasteiger charge is 2.39. The second kappa shape index (κ2) is 6.42. The minimum absolute atomic E-state index is 0.177. The highest BCUT2D eigenvalue weighted by atomic mass is 16.2. The summed E-state index contributed by atoms with van der Waals surface area (Å²) in [6.07, 6.45) is 0.610. The molecule has 0 bridgehead atoms. The molecule has 1 aromatic carbocycles. The summed E-state index contributed by atoms with van der Waals surface area (Å²) < 4.78 is 1.58. The van der Waals surface area contributed by atoms with E-state index in [4.69, 9.17) is 5.73 Å². The lowest BCUT2D eigenvalue weighted by Crippen LogP contribution is -2.52. The number of aromatic nitrogens is 2. The van der Waals surface area contributed by atoms with Gasteiger partial charge in [-0.25, -0.2) is 0 Å². The van der Waals surface area contributed by atoms with Crippen molar-refractivity contribution in [1.82, 2.24) is 20.0 Å². The molecular formula is C18H20N6O3. The molecule has 0 saturated carbocycles. The largest absolute Gasteiger partial charge is 0.384 e. The minimum atomic E-state index is -0.597. The Morgan fingerprint density at radius 3 is 2.81 bits per heavy atom. The highest BCUT2D eigenvalue weighted by molar-refractivity contribution is 6.05. The van der Waals surface area contributed by atoms with Crippen LogP contribution in [0.3, 0.4) is 0 Å². The van der Waals surface area contributed by atoms with Gasteiger partial charge in [0.25, 0.3) is 5.91 Å². The smallest absolute Gasteiger partial charge is 0.255 e. The Labute approximate surface area is 155 Å². The van der Waals surface area contributed by atoms with Gasteiger partial charge in [0.2, 0.25) is 11.8 Å². The van der Waals surface area contributed by atoms with Crippen LogP contribution in [0.2, 0.25) is 0 Å². The standard InChI is InChI=1S/C18H20N6O3/c1-23-14(19)7-15(22-23)20-8-10-2-3-11-9-24(18(27)12(11)6-10)13-4-5-16(25)21-17(13)26/h2-3,6-7,13H,4-5,8-9,19H2,1H3,(H,20,22)(H,21,25,26). The molecule has 3 heterocycles. The van der Waals surface area contributed by atoms with Crippen LogP contribution in [0.25, 0.3) is 0 Å². The molecule has 0 spiro atoms. The number of rotatable bonds is 4. The fourth-order valence-corrected chi connectivity index (χ4v) is 3.47. The van der Waals surface area contributed by atoms with E-state index in [1.54, 1.807) is 22.7 Å². The zero-order valence-electron chi connectivity index (χ0n) is 14.9. The fraction of sp³-hybridized carbons (Fsp3) is 0.333. The number of piperidine rings is 1. The van der Waals surface area contributed by atoms with E-state index in [2.05, 4.69) is 15.7 Å². The van der Waals surface area contributed by atoms with Gasteiger partial charge in [-0.05, 0) is 23.6 Å². The van der Waals surface area contributed by atoms with E-state index >= 15 is 0 Å². The molecule has 3 amide bonds. The normalized spacial score (nSPS) is 19.2. The molecule has 0 radical (unpaired) electrons. The van der Waals surface area contributed by atoms with E-state index in [1.165, 1.54) is 0 Å². The van der Waals surface area contributed by atoms with Gasteiger partial charge >= 0.3 is 0 Å². The van der Waals surface area contributed by atoms with Gasteiger partial charge in [-0.1, -0.05) is 12.1 Å². The van der Waals surface area contributed by atoms with Gasteiger partial charge in [0, 0.05) is 38.2 Å². The van der Waals surface area contributed by atoms with Crippen LogP contribution in [0.4, 0.5) is 11.6 Å². The number of hydrogen-bond donors (Lipinski definition) is 3. The van der Waals surface area contributed by atoms with Crippen LogP contribution in [0.1, 0.15) is 34.3 Å². The van der Waals surface area contributed by atoms with Crippen molar-refractivity contribution < 1.29 is 14.4 Å². The first-order valence-electron chi connectivity index (χ1n) is 8.72. The van der Waals surface area contributed by atoms with E-state index in [9.17, 15) is 14.4 Å². The number of amides is 3. The number of aryl methyl sites for hydroxylation is 1. The lowest BCUT2D eigenvalue weighted by atomic mass is 10.0. The van der Waals surface area contributed by atoms with Crippen molar-refractivity contribution in [3.8, 4) is 0 Å². The molecule has 4 rings (SSSR count). The predicted molar refractivity (Wildman–Crippen MR) is 97.4 cm³/mol. The number of nitrogens with one attached hydrogen (secondary N) is 2. The number of carbonyl (C=O) groups is 3. The zero-order valence-corrected chi connectivity index (χ0v) is 14.9. The zero-order chi connectivity index (χ0) is 19.1. The third-order valence-corrected chi connectivity index (χ3v) is 4.98. The molecule has 1 aromatic heterocycles. The van der Waals surface area contributed by atoms with Crippen molar-refractivity contribution in [2.24, 2.45) is 7.05 Å². The topological polar surface area (TPSA) is 122 Å². The number of nitrogens with two attached hydrogens (primary N) is 1. The van der Waals surface area contributed by atoms with E-state index < -0.39 is 11.9 Å². The van der Waals surface area contributed by atoms with E-state index in [0.717, 1.165) is 11.1 Å². The monoisotopic (exact) mass is 368 g/mol. The van der Waals surface area contributed by atoms with Crippen LogP contribution in [0.15, 0.2) is 24.3 Å². The fourth-order valence-electron chi connectivity index (χ4n) is 3.47. The van der Waals surface area contributed by atoms with Gasteiger partial charge in [-0.2, -0.15) is 5.10 Å². The first-order chi connectivity index (χ1) is 12.9. The Morgan fingerprint density at radius 1 is 1.30 bits per heavy atom. The molecule has 1 unspecified atom stereocenters. The summed E-state index contributed by atoms with van der Waals surface area (Å²) in [7, 11) is 1.76. The van der Waals surface area contributed by atoms with E-state index in [1.807, 2.05) is 18.2 Å². The van der Waals surface area contributed by atoms with Gasteiger partial charge in [-0.3, -0.25) is 24.4 Å². The van der Waals surface area contributed by atoms with Crippen LogP contribution < -0.4 is 16.4 Å². The predicted octanol–water partition coefficient (Wildman–Crippen LogP) is 0.375. The van der Waals surface area contributed by atoms with Crippen LogP contribution in [0.5, 0.6) is 0 Å². The average molecular weight is 368 g/mol. The quantitative estimate of drug-likeness (QED) is 0.671. The van der Waals surface area contributed by atoms with Crippen LogP contribution in [-0.4, -0.2) is 38.4 Å². The number of nitrogens with zero attached hydrogens (tertiary/aromatic N) is 3. The third-order valence-electron chi connectivity index (χ3n) is 4.98. The maximum atomic E-state index is 12.8. The van der Waals surface area contributed by atoms with Crippen LogP contribution in [0, 0.1) is 0 Å². The van der Waals surface area contributed by atoms with E-state index in [0.29, 0.717) is 36.7 Å². The van der Waals surface area contributed by atoms with Crippen molar-refractivity contribution >= 4 is 29.4 Å². The van der Waals surface area contributed by atoms with Crippen molar-refractivity contribution in [1.29, 1.82) is 0 Å². The molecule has 27 heavy (non-hydrogen) atoms. The molecule has 4 N–H and O–H groups in total. The van der Waals surface area contributed by atoms with E-state index in [-0.39, 0.29) is 18.2 Å². The molecule has 2 aliphatic heterocycles. The number of fused-ring (bicyclic) bond motifs is 1. The summed E-state index contributed by atoms with van der Waals surface area (Å²) in [5.74, 6) is 0.350. The molecular weight excluding hydrogens is 348 g/mol. The van der Waals surface area contributed by atoms with Crippen molar-refractivity contribution in [3.05, 3.63) is 41.0 Å². The molecule has 1 atom stereocenters. The van der Waals surface area contributed by atoms with Gasteiger partial charge in [0.15, 0.2) is 0 Å². The summed E-state index contributed by atoms with van der Waals surface area (Å²) in [5.41, 5.74) is 8.17. The molecule has 2 aromatic rings. The first kappa shape index (κ1) is 17.1. The van der Waals surface area contributed by atoms with Crippen molar-refractivity contribution in [3.63, 3.8) is 0 Å². The number of imide groups is 1. The number of nitrogen functional groups attached to an aromatic ring is 1. The molecule has 140 valence electrons. The maximum absolute atomic E-state index is 12.8. The minimum Gasteiger partial charge on any atom is -0.384 e. The maximum Gasteiger partial charge on any atom is 0.255 e. The lowest BCUT2D eigenvalue weighted by Gasteiger charge is -2.29. The molecule has 9 nitrogen and oxygen atoms in total. The molecule has 1 fully saturated rings. The van der Waals surface area contributed by atoms with Gasteiger partial charge in [-0.15, -0.1) is 0 Å². The summed E-state index contributed by atoms with van der Waals surface area (Å²) in [4.78, 5) is 37.8. The Kier molecular flexibility index (Phi) is 4.06. The summed E-state index contributed by atoms with van der Waals surface area (Å²) in [6.45, 7) is 0.875. The van der Waals surface area contributed by atoms with Crippen LogP contribution >= 0.6 is 0 Å². The Bertz CT molecular complexity index is 931. The number of benzene rings is 1. The SMILES string of the molecule is Cn1nc(NCc2ccc3c(c2)C(=O)N(C2CCC(=O)NC2=O)C3)cc1N. The van der Waals surface area contributed by atoms with Gasteiger partial charge in [0.1, 0.15) is 17.7 Å². The Hall–Kier alpha value is -3.36. The summed E-state index contributed by atoms with van der Waals surface area (Å²) in [5, 5.41) is 9.72. The van der Waals surface area contributed by atoms with Crippen molar-refractivity contribution in [2.45, 2.75) is 32.0 Å². The number of carbonyl (C=O) groups excluding carboxylic acids is 3. The van der Waals surface area contributed by atoms with Crippen LogP contribution in [-0.2, 0) is 29.7 Å². The van der Waals surface area contributed by atoms with Gasteiger partial charge in [0.05, 0.1) is 0 Å². The molecule has 9 heteroatoms. The highest BCUT2D eigenvalue weighted by Crippen LogP contribution is 2.28. The van der Waals surface area contributed by atoms with Crippen molar-refractivity contribution in [2.75, 3.05) is 11.1 Å². The summed E-state index contributed by atoms with van der Waals surface area (Å²) in [6, 6.07) is 6.83.